The molecule has 1 aliphatic rings. The number of carbonyl (C=O) groups excluding carboxylic acids is 1. The van der Waals surface area contributed by atoms with E-state index in [0.717, 1.165) is 48.0 Å². The Balaban J connectivity index is 1.44. The van der Waals surface area contributed by atoms with Crippen molar-refractivity contribution in [3.63, 3.8) is 0 Å². The van der Waals surface area contributed by atoms with Gasteiger partial charge in [-0.2, -0.15) is 0 Å². The average Bonchev–Trinajstić information content (AvgIpc) is 3.12. The molecule has 1 aromatic heterocycles. The lowest BCUT2D eigenvalue weighted by molar-refractivity contribution is -0.133. The molecule has 1 aliphatic heterocycles. The van der Waals surface area contributed by atoms with Crippen LogP contribution in [0.2, 0.25) is 5.02 Å². The van der Waals surface area contributed by atoms with E-state index in [1.807, 2.05) is 30.9 Å². The number of halogens is 1. The predicted molar refractivity (Wildman–Crippen MR) is 138 cm³/mol. The Kier molecular flexibility index (Phi) is 8.08. The zero-order chi connectivity index (χ0) is 24.8. The van der Waals surface area contributed by atoms with Gasteiger partial charge >= 0.3 is 0 Å². The smallest absolute Gasteiger partial charge is 0.260 e. The Hall–Kier alpha value is -3.32. The first-order valence-electron chi connectivity index (χ1n) is 11.8. The van der Waals surface area contributed by atoms with Gasteiger partial charge in [0, 0.05) is 48.9 Å². The van der Waals surface area contributed by atoms with Crippen molar-refractivity contribution in [2.75, 3.05) is 44.8 Å². The minimum atomic E-state index is -0.0182. The molecule has 1 saturated heterocycles. The molecule has 0 aliphatic carbocycles. The minimum absolute atomic E-state index is 0.01000. The van der Waals surface area contributed by atoms with Gasteiger partial charge in [-0.25, -0.2) is 9.97 Å². The van der Waals surface area contributed by atoms with E-state index >= 15 is 0 Å². The highest BCUT2D eigenvalue weighted by molar-refractivity contribution is 6.30. The zero-order valence-electron chi connectivity index (χ0n) is 20.5. The van der Waals surface area contributed by atoms with E-state index in [0.29, 0.717) is 30.4 Å². The van der Waals surface area contributed by atoms with E-state index < -0.39 is 0 Å². The maximum atomic E-state index is 12.8. The van der Waals surface area contributed by atoms with Crippen molar-refractivity contribution in [3.8, 4) is 11.5 Å². The number of ether oxygens (including phenoxy) is 2. The lowest BCUT2D eigenvalue weighted by atomic mass is 10.0. The van der Waals surface area contributed by atoms with E-state index in [1.165, 1.54) is 5.56 Å². The van der Waals surface area contributed by atoms with Crippen molar-refractivity contribution in [1.29, 1.82) is 0 Å². The van der Waals surface area contributed by atoms with Gasteiger partial charge in [-0.1, -0.05) is 23.7 Å². The summed E-state index contributed by atoms with van der Waals surface area (Å²) < 4.78 is 11.0. The van der Waals surface area contributed by atoms with Crippen LogP contribution < -0.4 is 14.4 Å². The number of hydrogen-bond donors (Lipinski definition) is 0. The van der Waals surface area contributed by atoms with E-state index in [2.05, 4.69) is 22.0 Å². The molecule has 0 saturated carbocycles. The van der Waals surface area contributed by atoms with Crippen LogP contribution in [0.1, 0.15) is 29.1 Å². The number of rotatable bonds is 7. The van der Waals surface area contributed by atoms with E-state index in [1.54, 1.807) is 31.4 Å². The van der Waals surface area contributed by atoms with Crippen LogP contribution in [0.3, 0.4) is 0 Å². The molecule has 35 heavy (non-hydrogen) atoms. The first kappa shape index (κ1) is 24.8. The van der Waals surface area contributed by atoms with Crippen molar-refractivity contribution in [1.82, 2.24) is 14.9 Å². The minimum Gasteiger partial charge on any atom is -0.497 e. The molecule has 4 rings (SSSR count). The molecular formula is C27H31ClN4O3. The third-order valence-corrected chi connectivity index (χ3v) is 6.42. The molecule has 2 aromatic carbocycles. The van der Waals surface area contributed by atoms with Crippen LogP contribution in [-0.2, 0) is 11.2 Å². The molecule has 8 heteroatoms. The second-order valence-electron chi connectivity index (χ2n) is 8.65. The Morgan fingerprint density at radius 2 is 1.66 bits per heavy atom. The SMILES string of the molecule is COc1ccc(Cc2c(C)nc(C)nc2N2CCCN(C(=O)COc3ccc(Cl)cc3)CC2)cc1. The Bertz CT molecular complexity index is 1150. The molecule has 0 atom stereocenters. The molecule has 0 spiro atoms. The summed E-state index contributed by atoms with van der Waals surface area (Å²) in [4.78, 5) is 26.4. The molecule has 3 aromatic rings. The van der Waals surface area contributed by atoms with Crippen molar-refractivity contribution in [2.24, 2.45) is 0 Å². The second-order valence-corrected chi connectivity index (χ2v) is 9.08. The van der Waals surface area contributed by atoms with Crippen molar-refractivity contribution >= 4 is 23.3 Å². The van der Waals surface area contributed by atoms with Gasteiger partial charge < -0.3 is 19.3 Å². The number of carbonyl (C=O) groups is 1. The molecule has 2 heterocycles. The van der Waals surface area contributed by atoms with Crippen LogP contribution in [0.15, 0.2) is 48.5 Å². The van der Waals surface area contributed by atoms with Crippen molar-refractivity contribution in [3.05, 3.63) is 76.2 Å². The van der Waals surface area contributed by atoms with Crippen LogP contribution in [-0.4, -0.2) is 60.7 Å². The summed E-state index contributed by atoms with van der Waals surface area (Å²) in [5, 5.41) is 0.637. The Labute approximate surface area is 211 Å². The molecule has 184 valence electrons. The molecule has 7 nitrogen and oxygen atoms in total. The highest BCUT2D eigenvalue weighted by atomic mass is 35.5. The summed E-state index contributed by atoms with van der Waals surface area (Å²) in [7, 11) is 1.67. The highest BCUT2D eigenvalue weighted by Gasteiger charge is 2.23. The standard InChI is InChI=1S/C27H31ClN4O3/c1-19-25(17-21-5-9-23(34-3)10-6-21)27(30-20(2)29-19)32-14-4-13-31(15-16-32)26(33)18-35-24-11-7-22(28)8-12-24/h5-12H,4,13-18H2,1-3H3. The topological polar surface area (TPSA) is 67.8 Å². The van der Waals surface area contributed by atoms with Gasteiger partial charge in [-0.15, -0.1) is 0 Å². The molecule has 0 bridgehead atoms. The third kappa shape index (κ3) is 6.42. The van der Waals surface area contributed by atoms with Gasteiger partial charge in [0.25, 0.3) is 5.91 Å². The summed E-state index contributed by atoms with van der Waals surface area (Å²) in [6, 6.07) is 15.1. The fourth-order valence-electron chi connectivity index (χ4n) is 4.28. The van der Waals surface area contributed by atoms with Crippen LogP contribution in [0.5, 0.6) is 11.5 Å². The van der Waals surface area contributed by atoms with Crippen molar-refractivity contribution < 1.29 is 14.3 Å². The quantitative estimate of drug-likeness (QED) is 0.483. The number of aromatic nitrogens is 2. The number of methoxy groups -OCH3 is 1. The van der Waals surface area contributed by atoms with Gasteiger partial charge in [-0.3, -0.25) is 4.79 Å². The van der Waals surface area contributed by atoms with Crippen LogP contribution >= 0.6 is 11.6 Å². The fraction of sp³-hybridized carbons (Fsp3) is 0.370. The maximum absolute atomic E-state index is 12.8. The highest BCUT2D eigenvalue weighted by Crippen LogP contribution is 2.26. The average molecular weight is 495 g/mol. The molecule has 0 radical (unpaired) electrons. The number of amides is 1. The zero-order valence-corrected chi connectivity index (χ0v) is 21.2. The number of nitrogens with zero attached hydrogens (tertiary/aromatic N) is 4. The van der Waals surface area contributed by atoms with Gasteiger partial charge in [0.15, 0.2) is 6.61 Å². The number of hydrogen-bond acceptors (Lipinski definition) is 6. The largest absolute Gasteiger partial charge is 0.497 e. The van der Waals surface area contributed by atoms with Gasteiger partial charge in [0.1, 0.15) is 23.1 Å². The summed E-state index contributed by atoms with van der Waals surface area (Å²) in [5.41, 5.74) is 3.28. The molecule has 1 amide bonds. The summed E-state index contributed by atoms with van der Waals surface area (Å²) >= 11 is 5.92. The second kappa shape index (κ2) is 11.4. The normalized spacial score (nSPS) is 13.9. The fourth-order valence-corrected chi connectivity index (χ4v) is 4.41. The van der Waals surface area contributed by atoms with Crippen LogP contribution in [0.4, 0.5) is 5.82 Å². The lowest BCUT2D eigenvalue weighted by Gasteiger charge is -2.26. The number of benzene rings is 2. The molecule has 0 unspecified atom stereocenters. The van der Waals surface area contributed by atoms with Crippen LogP contribution in [0, 0.1) is 13.8 Å². The van der Waals surface area contributed by atoms with Gasteiger partial charge in [0.05, 0.1) is 7.11 Å². The Morgan fingerprint density at radius 1 is 0.943 bits per heavy atom. The molecular weight excluding hydrogens is 464 g/mol. The molecule has 0 N–H and O–H groups in total. The lowest BCUT2D eigenvalue weighted by Crippen LogP contribution is -2.38. The van der Waals surface area contributed by atoms with E-state index in [4.69, 9.17) is 26.1 Å². The van der Waals surface area contributed by atoms with Gasteiger partial charge in [0.2, 0.25) is 0 Å². The predicted octanol–water partition coefficient (Wildman–Crippen LogP) is 4.46. The molecule has 1 fully saturated rings. The van der Waals surface area contributed by atoms with E-state index in [-0.39, 0.29) is 12.5 Å². The van der Waals surface area contributed by atoms with Gasteiger partial charge in [-0.05, 0) is 62.2 Å². The first-order chi connectivity index (χ1) is 16.9. The summed E-state index contributed by atoms with van der Waals surface area (Å²) in [6.45, 7) is 6.82. The van der Waals surface area contributed by atoms with Crippen molar-refractivity contribution in [2.45, 2.75) is 26.7 Å². The summed E-state index contributed by atoms with van der Waals surface area (Å²) in [5.74, 6) is 3.16. The third-order valence-electron chi connectivity index (χ3n) is 6.17. The van der Waals surface area contributed by atoms with E-state index in [9.17, 15) is 4.79 Å². The summed E-state index contributed by atoms with van der Waals surface area (Å²) in [6.07, 6.45) is 1.59. The number of anilines is 1. The van der Waals surface area contributed by atoms with Crippen LogP contribution in [0.25, 0.3) is 0 Å². The maximum Gasteiger partial charge on any atom is 0.260 e. The monoisotopic (exact) mass is 494 g/mol. The number of aryl methyl sites for hydroxylation is 2. The first-order valence-corrected chi connectivity index (χ1v) is 12.2. The Morgan fingerprint density at radius 3 is 2.37 bits per heavy atom.